The molecule has 172 valence electrons. The Kier molecular flexibility index (Phi) is 13.2. The summed E-state index contributed by atoms with van der Waals surface area (Å²) in [6.45, 7) is 15.9. The highest BCUT2D eigenvalue weighted by Crippen LogP contribution is 2.29. The number of amides is 1. The fraction of sp³-hybridized carbons (Fsp3) is 0.720. The van der Waals surface area contributed by atoms with Crippen molar-refractivity contribution < 1.29 is 14.3 Å². The van der Waals surface area contributed by atoms with Crippen LogP contribution in [-0.2, 0) is 0 Å². The first-order valence-corrected chi connectivity index (χ1v) is 11.8. The van der Waals surface area contributed by atoms with Gasteiger partial charge < -0.3 is 14.8 Å². The first-order valence-electron chi connectivity index (χ1n) is 11.8. The second kappa shape index (κ2) is 15.1. The van der Waals surface area contributed by atoms with Gasteiger partial charge in [0.2, 0.25) is 0 Å². The Balaban J connectivity index is 2.73. The standard InChI is InChI=1S/C25H44N2O3/c1-7-9-11-17-29-23-14-13-22(19-24(23)30-18-12-10-8-2)25(28)26-15-16-27(20(3)4)21(5)6/h13-14,19-21H,7-12,15-18H2,1-6H3,(H,26,28). The number of hydrogen-bond acceptors (Lipinski definition) is 4. The number of hydrogen-bond donors (Lipinski definition) is 1. The number of nitrogens with zero attached hydrogens (tertiary/aromatic N) is 1. The molecule has 1 aromatic carbocycles. The molecule has 1 N–H and O–H groups in total. The monoisotopic (exact) mass is 420 g/mol. The average Bonchev–Trinajstić information content (AvgIpc) is 2.71. The van der Waals surface area contributed by atoms with E-state index >= 15 is 0 Å². The molecular weight excluding hydrogens is 376 g/mol. The minimum absolute atomic E-state index is 0.0709. The summed E-state index contributed by atoms with van der Waals surface area (Å²) in [4.78, 5) is 15.0. The molecule has 0 aliphatic heterocycles. The zero-order chi connectivity index (χ0) is 22.4. The highest BCUT2D eigenvalue weighted by molar-refractivity contribution is 5.94. The fourth-order valence-electron chi connectivity index (χ4n) is 3.46. The summed E-state index contributed by atoms with van der Waals surface area (Å²) in [6, 6.07) is 6.42. The van der Waals surface area contributed by atoms with Crippen LogP contribution in [0.2, 0.25) is 0 Å². The molecule has 0 aromatic heterocycles. The average molecular weight is 421 g/mol. The van der Waals surface area contributed by atoms with Crippen LogP contribution >= 0.6 is 0 Å². The van der Waals surface area contributed by atoms with Crippen LogP contribution < -0.4 is 14.8 Å². The third kappa shape index (κ3) is 9.84. The molecule has 1 aromatic rings. The largest absolute Gasteiger partial charge is 0.490 e. The van der Waals surface area contributed by atoms with Gasteiger partial charge in [0.25, 0.3) is 5.91 Å². The fourth-order valence-corrected chi connectivity index (χ4v) is 3.46. The summed E-state index contributed by atoms with van der Waals surface area (Å²) in [7, 11) is 0. The molecule has 0 saturated heterocycles. The molecule has 0 fully saturated rings. The molecule has 0 unspecified atom stereocenters. The Morgan fingerprint density at radius 1 is 0.900 bits per heavy atom. The van der Waals surface area contributed by atoms with Gasteiger partial charge in [-0.1, -0.05) is 39.5 Å². The predicted molar refractivity (Wildman–Crippen MR) is 126 cm³/mol. The van der Waals surface area contributed by atoms with Crippen LogP contribution in [-0.4, -0.2) is 49.2 Å². The summed E-state index contributed by atoms with van der Waals surface area (Å²) < 4.78 is 11.9. The van der Waals surface area contributed by atoms with Gasteiger partial charge in [0.1, 0.15) is 0 Å². The van der Waals surface area contributed by atoms with Crippen molar-refractivity contribution >= 4 is 5.91 Å². The van der Waals surface area contributed by atoms with E-state index in [0.29, 0.717) is 43.2 Å². The molecule has 0 spiro atoms. The van der Waals surface area contributed by atoms with Gasteiger partial charge >= 0.3 is 0 Å². The predicted octanol–water partition coefficient (Wildman–Crippen LogP) is 5.67. The molecule has 5 heteroatoms. The lowest BCUT2D eigenvalue weighted by molar-refractivity contribution is 0.0939. The number of carbonyl (C=O) groups is 1. The van der Waals surface area contributed by atoms with Crippen molar-refractivity contribution in [3.05, 3.63) is 23.8 Å². The topological polar surface area (TPSA) is 50.8 Å². The molecule has 1 amide bonds. The highest BCUT2D eigenvalue weighted by Gasteiger charge is 2.15. The van der Waals surface area contributed by atoms with Crippen molar-refractivity contribution in [2.24, 2.45) is 0 Å². The van der Waals surface area contributed by atoms with Crippen LogP contribution in [0.3, 0.4) is 0 Å². The summed E-state index contributed by atoms with van der Waals surface area (Å²) in [6.07, 6.45) is 6.62. The highest BCUT2D eigenvalue weighted by atomic mass is 16.5. The van der Waals surface area contributed by atoms with Crippen molar-refractivity contribution in [3.8, 4) is 11.5 Å². The molecule has 5 nitrogen and oxygen atoms in total. The number of ether oxygens (including phenoxy) is 2. The number of carbonyl (C=O) groups excluding carboxylic acids is 1. The van der Waals surface area contributed by atoms with Crippen LogP contribution in [0.4, 0.5) is 0 Å². The van der Waals surface area contributed by atoms with Crippen LogP contribution in [0.25, 0.3) is 0 Å². The van der Waals surface area contributed by atoms with Crippen molar-refractivity contribution in [1.29, 1.82) is 0 Å². The Labute approximate surface area is 184 Å². The second-order valence-corrected chi connectivity index (χ2v) is 8.45. The Hall–Kier alpha value is -1.75. The molecule has 0 heterocycles. The van der Waals surface area contributed by atoms with Gasteiger partial charge in [0, 0.05) is 30.7 Å². The van der Waals surface area contributed by atoms with E-state index in [1.165, 1.54) is 0 Å². The summed E-state index contributed by atoms with van der Waals surface area (Å²) in [5.41, 5.74) is 0.613. The lowest BCUT2D eigenvalue weighted by Crippen LogP contribution is -2.42. The number of nitrogens with one attached hydrogen (secondary N) is 1. The van der Waals surface area contributed by atoms with E-state index in [2.05, 4.69) is 51.8 Å². The van der Waals surface area contributed by atoms with Crippen LogP contribution in [0.15, 0.2) is 18.2 Å². The van der Waals surface area contributed by atoms with Gasteiger partial charge in [-0.25, -0.2) is 0 Å². The summed E-state index contributed by atoms with van der Waals surface area (Å²) in [5, 5.41) is 3.05. The second-order valence-electron chi connectivity index (χ2n) is 8.45. The third-order valence-electron chi connectivity index (χ3n) is 5.20. The molecule has 30 heavy (non-hydrogen) atoms. The van der Waals surface area contributed by atoms with E-state index in [0.717, 1.165) is 50.8 Å². The van der Waals surface area contributed by atoms with Crippen LogP contribution in [0.5, 0.6) is 11.5 Å². The Morgan fingerprint density at radius 3 is 2.00 bits per heavy atom. The maximum atomic E-state index is 12.7. The van der Waals surface area contributed by atoms with Gasteiger partial charge in [0.15, 0.2) is 11.5 Å². The molecule has 0 radical (unpaired) electrons. The number of unbranched alkanes of at least 4 members (excludes halogenated alkanes) is 4. The summed E-state index contributed by atoms with van der Waals surface area (Å²) >= 11 is 0. The molecule has 0 aliphatic rings. The first-order chi connectivity index (χ1) is 14.4. The molecule has 0 saturated carbocycles. The van der Waals surface area contributed by atoms with Crippen molar-refractivity contribution in [3.63, 3.8) is 0 Å². The Bertz CT molecular complexity index is 594. The minimum Gasteiger partial charge on any atom is -0.490 e. The SMILES string of the molecule is CCCCCOc1ccc(C(=O)NCCN(C(C)C)C(C)C)cc1OCCCCC. The molecule has 0 bridgehead atoms. The zero-order valence-corrected chi connectivity index (χ0v) is 20.1. The van der Waals surface area contributed by atoms with Crippen LogP contribution in [0, 0.1) is 0 Å². The third-order valence-corrected chi connectivity index (χ3v) is 5.20. The van der Waals surface area contributed by atoms with Crippen molar-refractivity contribution in [2.45, 2.75) is 92.2 Å². The maximum absolute atomic E-state index is 12.7. The van der Waals surface area contributed by atoms with E-state index in [1.807, 2.05) is 18.2 Å². The van der Waals surface area contributed by atoms with Crippen molar-refractivity contribution in [2.75, 3.05) is 26.3 Å². The van der Waals surface area contributed by atoms with E-state index in [-0.39, 0.29) is 5.91 Å². The van der Waals surface area contributed by atoms with E-state index in [4.69, 9.17) is 9.47 Å². The molecule has 0 aliphatic carbocycles. The van der Waals surface area contributed by atoms with E-state index in [9.17, 15) is 4.79 Å². The van der Waals surface area contributed by atoms with Crippen LogP contribution in [0.1, 0.15) is 90.4 Å². The summed E-state index contributed by atoms with van der Waals surface area (Å²) in [5.74, 6) is 1.32. The van der Waals surface area contributed by atoms with E-state index in [1.54, 1.807) is 0 Å². The quantitative estimate of drug-likeness (QED) is 0.350. The normalized spacial score (nSPS) is 11.4. The first kappa shape index (κ1) is 26.3. The maximum Gasteiger partial charge on any atom is 0.251 e. The molecule has 0 atom stereocenters. The lowest BCUT2D eigenvalue weighted by atomic mass is 10.1. The smallest absolute Gasteiger partial charge is 0.251 e. The van der Waals surface area contributed by atoms with Gasteiger partial charge in [-0.05, 0) is 58.7 Å². The zero-order valence-electron chi connectivity index (χ0n) is 20.1. The van der Waals surface area contributed by atoms with Gasteiger partial charge in [0.05, 0.1) is 13.2 Å². The van der Waals surface area contributed by atoms with E-state index < -0.39 is 0 Å². The van der Waals surface area contributed by atoms with Gasteiger partial charge in [-0.15, -0.1) is 0 Å². The number of benzene rings is 1. The Morgan fingerprint density at radius 2 is 1.47 bits per heavy atom. The lowest BCUT2D eigenvalue weighted by Gasteiger charge is -2.30. The number of rotatable bonds is 16. The van der Waals surface area contributed by atoms with Gasteiger partial charge in [-0.2, -0.15) is 0 Å². The molecular formula is C25H44N2O3. The van der Waals surface area contributed by atoms with Gasteiger partial charge in [-0.3, -0.25) is 9.69 Å². The molecule has 1 rings (SSSR count). The minimum atomic E-state index is -0.0709. The van der Waals surface area contributed by atoms with Crippen molar-refractivity contribution in [1.82, 2.24) is 10.2 Å².